The van der Waals surface area contributed by atoms with Gasteiger partial charge >= 0.3 is 17.5 Å². The van der Waals surface area contributed by atoms with E-state index in [2.05, 4.69) is 15.8 Å². The molecule has 2 amide bonds. The van der Waals surface area contributed by atoms with Crippen molar-refractivity contribution in [3.63, 3.8) is 0 Å². The normalized spacial score (nSPS) is 13.2. The third-order valence-corrected chi connectivity index (χ3v) is 4.05. The summed E-state index contributed by atoms with van der Waals surface area (Å²) in [6, 6.07) is 10.8. The van der Waals surface area contributed by atoms with Crippen molar-refractivity contribution < 1.29 is 19.2 Å². The maximum atomic E-state index is 11.6. The van der Waals surface area contributed by atoms with Gasteiger partial charge in [-0.25, -0.2) is 5.43 Å². The van der Waals surface area contributed by atoms with Crippen LogP contribution in [0.15, 0.2) is 47.6 Å². The molecule has 0 spiro atoms. The number of hydrogen-bond donors (Lipinski definition) is 2. The van der Waals surface area contributed by atoms with E-state index in [1.54, 1.807) is 24.3 Å². The number of hydrogen-bond acceptors (Lipinski definition) is 6. The lowest BCUT2D eigenvalue weighted by Crippen LogP contribution is -2.38. The molecular formula is C18H15ClN4O5. The van der Waals surface area contributed by atoms with Gasteiger partial charge in [0.1, 0.15) is 5.75 Å². The molecule has 2 N–H and O–H groups in total. The molecule has 144 valence electrons. The Morgan fingerprint density at radius 2 is 1.93 bits per heavy atom. The maximum Gasteiger partial charge on any atom is 0.329 e. The lowest BCUT2D eigenvalue weighted by Gasteiger charge is -2.08. The zero-order valence-electron chi connectivity index (χ0n) is 14.4. The van der Waals surface area contributed by atoms with Crippen LogP contribution >= 0.6 is 11.6 Å². The molecule has 1 aliphatic carbocycles. The molecule has 0 saturated heterocycles. The van der Waals surface area contributed by atoms with Crippen molar-refractivity contribution in [1.82, 2.24) is 10.7 Å². The summed E-state index contributed by atoms with van der Waals surface area (Å²) in [6.45, 7) is 0. The summed E-state index contributed by atoms with van der Waals surface area (Å²) in [5.74, 6) is -1.39. The van der Waals surface area contributed by atoms with E-state index in [0.717, 1.165) is 12.8 Å². The number of nitro benzene ring substituents is 1. The number of para-hydroxylation sites is 1. The van der Waals surface area contributed by atoms with Gasteiger partial charge in [0.25, 0.3) is 0 Å². The van der Waals surface area contributed by atoms with E-state index in [-0.39, 0.29) is 23.2 Å². The van der Waals surface area contributed by atoms with Crippen LogP contribution in [0.25, 0.3) is 0 Å². The second kappa shape index (κ2) is 8.49. The molecule has 2 aromatic carbocycles. The van der Waals surface area contributed by atoms with E-state index in [4.69, 9.17) is 16.3 Å². The topological polar surface area (TPSA) is 123 Å². The van der Waals surface area contributed by atoms with E-state index < -0.39 is 16.7 Å². The Kier molecular flexibility index (Phi) is 5.85. The monoisotopic (exact) mass is 402 g/mol. The van der Waals surface area contributed by atoms with Gasteiger partial charge in [-0.2, -0.15) is 5.10 Å². The first kappa shape index (κ1) is 19.3. The number of rotatable bonds is 6. The lowest BCUT2D eigenvalue weighted by atomic mass is 10.2. The zero-order chi connectivity index (χ0) is 20.1. The quantitative estimate of drug-likeness (QED) is 0.333. The van der Waals surface area contributed by atoms with Gasteiger partial charge in [-0.3, -0.25) is 19.7 Å². The molecule has 0 heterocycles. The first-order valence-electron chi connectivity index (χ1n) is 8.29. The summed E-state index contributed by atoms with van der Waals surface area (Å²) < 4.78 is 5.53. The SMILES string of the molecule is O=C(N/N=C\c1ccc(Oc2ccccc2Cl)c([N+](=O)[O-])c1)C(=O)NC1CC1. The number of carbonyl (C=O) groups is 2. The standard InChI is InChI=1S/C18H15ClN4O5/c19-13-3-1-2-4-15(13)28-16-8-5-11(9-14(16)23(26)27)10-20-22-18(25)17(24)21-12-6-7-12/h1-5,8-10,12H,6-7H2,(H,21,24)(H,22,25)/b20-10-. The number of benzene rings is 2. The number of nitrogens with zero attached hydrogens (tertiary/aromatic N) is 2. The van der Waals surface area contributed by atoms with Crippen LogP contribution in [0.2, 0.25) is 5.02 Å². The molecule has 1 fully saturated rings. The number of ether oxygens (including phenoxy) is 1. The van der Waals surface area contributed by atoms with Gasteiger partial charge < -0.3 is 10.1 Å². The van der Waals surface area contributed by atoms with Crippen molar-refractivity contribution in [2.75, 3.05) is 0 Å². The van der Waals surface area contributed by atoms with Crippen LogP contribution in [-0.2, 0) is 9.59 Å². The molecule has 10 heteroatoms. The van der Waals surface area contributed by atoms with Crippen molar-refractivity contribution in [1.29, 1.82) is 0 Å². The van der Waals surface area contributed by atoms with Crippen LogP contribution in [0.5, 0.6) is 11.5 Å². The summed E-state index contributed by atoms with van der Waals surface area (Å²) >= 11 is 6.01. The van der Waals surface area contributed by atoms with Crippen molar-refractivity contribution in [2.24, 2.45) is 5.10 Å². The predicted molar refractivity (Wildman–Crippen MR) is 102 cm³/mol. The van der Waals surface area contributed by atoms with Crippen molar-refractivity contribution >= 4 is 35.3 Å². The van der Waals surface area contributed by atoms with E-state index in [1.807, 2.05) is 0 Å². The molecule has 0 aliphatic heterocycles. The minimum Gasteiger partial charge on any atom is -0.449 e. The Hall–Kier alpha value is -3.46. The molecule has 1 aliphatic rings. The highest BCUT2D eigenvalue weighted by molar-refractivity contribution is 6.35. The highest BCUT2D eigenvalue weighted by Crippen LogP contribution is 2.35. The summed E-state index contributed by atoms with van der Waals surface area (Å²) in [6.07, 6.45) is 2.90. The van der Waals surface area contributed by atoms with Crippen LogP contribution in [0.3, 0.4) is 0 Å². The highest BCUT2D eigenvalue weighted by Gasteiger charge is 2.26. The molecule has 0 atom stereocenters. The third-order valence-electron chi connectivity index (χ3n) is 3.73. The van der Waals surface area contributed by atoms with Crippen LogP contribution < -0.4 is 15.5 Å². The molecule has 9 nitrogen and oxygen atoms in total. The minimum atomic E-state index is -0.906. The van der Waals surface area contributed by atoms with E-state index in [1.165, 1.54) is 24.4 Å². The molecule has 1 saturated carbocycles. The summed E-state index contributed by atoms with van der Waals surface area (Å²) in [5.41, 5.74) is 2.10. The zero-order valence-corrected chi connectivity index (χ0v) is 15.2. The number of nitro groups is 1. The number of nitrogens with one attached hydrogen (secondary N) is 2. The van der Waals surface area contributed by atoms with Crippen LogP contribution in [0.1, 0.15) is 18.4 Å². The number of hydrazone groups is 1. The molecule has 0 aromatic heterocycles. The van der Waals surface area contributed by atoms with Gasteiger partial charge in [-0.05, 0) is 37.1 Å². The highest BCUT2D eigenvalue weighted by atomic mass is 35.5. The Morgan fingerprint density at radius 3 is 2.61 bits per heavy atom. The van der Waals surface area contributed by atoms with Crippen LogP contribution in [0.4, 0.5) is 5.69 Å². The third kappa shape index (κ3) is 5.04. The molecule has 3 rings (SSSR count). The molecule has 0 unspecified atom stereocenters. The Bertz CT molecular complexity index is 959. The fraction of sp³-hybridized carbons (Fsp3) is 0.167. The second-order valence-corrected chi connectivity index (χ2v) is 6.37. The Labute approximate surface area is 164 Å². The molecule has 28 heavy (non-hydrogen) atoms. The van der Waals surface area contributed by atoms with Crippen molar-refractivity contribution in [3.8, 4) is 11.5 Å². The molecular weight excluding hydrogens is 388 g/mol. The Morgan fingerprint density at radius 1 is 1.18 bits per heavy atom. The molecule has 0 radical (unpaired) electrons. The van der Waals surface area contributed by atoms with Crippen molar-refractivity contribution in [3.05, 3.63) is 63.2 Å². The molecule has 2 aromatic rings. The predicted octanol–water partition coefficient (Wildman–Crippen LogP) is 2.77. The first-order valence-corrected chi connectivity index (χ1v) is 8.66. The minimum absolute atomic E-state index is 0.00287. The fourth-order valence-electron chi connectivity index (χ4n) is 2.18. The van der Waals surface area contributed by atoms with Gasteiger partial charge in [0.15, 0.2) is 0 Å². The molecule has 0 bridgehead atoms. The first-order chi connectivity index (χ1) is 13.4. The summed E-state index contributed by atoms with van der Waals surface area (Å²) in [7, 11) is 0. The van der Waals surface area contributed by atoms with Gasteiger partial charge in [-0.1, -0.05) is 23.7 Å². The number of halogens is 1. The maximum absolute atomic E-state index is 11.6. The van der Waals surface area contributed by atoms with Crippen LogP contribution in [0, 0.1) is 10.1 Å². The summed E-state index contributed by atoms with van der Waals surface area (Å²) in [5, 5.41) is 17.8. The van der Waals surface area contributed by atoms with Crippen molar-refractivity contribution in [2.45, 2.75) is 18.9 Å². The summed E-state index contributed by atoms with van der Waals surface area (Å²) in [4.78, 5) is 33.8. The average molecular weight is 403 g/mol. The van der Waals surface area contributed by atoms with Gasteiger partial charge in [0, 0.05) is 17.7 Å². The van der Waals surface area contributed by atoms with Crippen LogP contribution in [-0.4, -0.2) is 29.0 Å². The van der Waals surface area contributed by atoms with E-state index in [9.17, 15) is 19.7 Å². The number of carbonyl (C=O) groups excluding carboxylic acids is 2. The fourth-order valence-corrected chi connectivity index (χ4v) is 2.36. The van der Waals surface area contributed by atoms with Gasteiger partial charge in [0.05, 0.1) is 16.2 Å². The van der Waals surface area contributed by atoms with E-state index >= 15 is 0 Å². The number of amides is 2. The average Bonchev–Trinajstić information content (AvgIpc) is 3.48. The van der Waals surface area contributed by atoms with E-state index in [0.29, 0.717) is 10.6 Å². The largest absolute Gasteiger partial charge is 0.449 e. The lowest BCUT2D eigenvalue weighted by molar-refractivity contribution is -0.385. The Balaban J connectivity index is 1.69. The smallest absolute Gasteiger partial charge is 0.329 e. The van der Waals surface area contributed by atoms with Gasteiger partial charge in [0.2, 0.25) is 5.75 Å². The van der Waals surface area contributed by atoms with Gasteiger partial charge in [-0.15, -0.1) is 0 Å². The second-order valence-electron chi connectivity index (χ2n) is 5.96.